The topological polar surface area (TPSA) is 97.9 Å². The van der Waals surface area contributed by atoms with Crippen LogP contribution in [0.15, 0.2) is 9.59 Å². The molecule has 7 heteroatoms. The second kappa shape index (κ2) is 6.26. The lowest BCUT2D eigenvalue weighted by Gasteiger charge is -2.15. The second-order valence-electron chi connectivity index (χ2n) is 5.02. The Morgan fingerprint density at radius 3 is 2.80 bits per heavy atom. The largest absolute Gasteiger partial charge is 0.369 e. The highest BCUT2D eigenvalue weighted by Gasteiger charge is 2.27. The molecule has 1 amide bonds. The molecule has 110 valence electrons. The Labute approximate surface area is 120 Å². The number of nitrogens with two attached hydrogens (primary N) is 1. The number of nitrogens with zero attached hydrogens (tertiary/aromatic N) is 1. The summed E-state index contributed by atoms with van der Waals surface area (Å²) < 4.78 is 1.16. The first-order valence-corrected chi connectivity index (χ1v) is 7.31. The van der Waals surface area contributed by atoms with E-state index in [1.807, 2.05) is 0 Å². The fourth-order valence-electron chi connectivity index (χ4n) is 2.67. The van der Waals surface area contributed by atoms with Crippen LogP contribution in [0.2, 0.25) is 0 Å². The Morgan fingerprint density at radius 2 is 2.15 bits per heavy atom. The SMILES string of the molecule is NC(=O)C1CCCCc2c1[nH]c(=O)n(CCCCl)c2=O. The molecule has 0 saturated carbocycles. The van der Waals surface area contributed by atoms with Gasteiger partial charge in [-0.3, -0.25) is 14.2 Å². The number of hydrogen-bond donors (Lipinski definition) is 2. The van der Waals surface area contributed by atoms with Gasteiger partial charge in [-0.15, -0.1) is 11.6 Å². The summed E-state index contributed by atoms with van der Waals surface area (Å²) in [6.07, 6.45) is 3.31. The summed E-state index contributed by atoms with van der Waals surface area (Å²) in [6.45, 7) is 0.284. The highest BCUT2D eigenvalue weighted by Crippen LogP contribution is 2.26. The van der Waals surface area contributed by atoms with Crippen molar-refractivity contribution in [1.82, 2.24) is 9.55 Å². The van der Waals surface area contributed by atoms with Gasteiger partial charge in [0, 0.05) is 23.7 Å². The quantitative estimate of drug-likeness (QED) is 0.624. The Morgan fingerprint density at radius 1 is 1.40 bits per heavy atom. The molecule has 0 saturated heterocycles. The lowest BCUT2D eigenvalue weighted by molar-refractivity contribution is -0.119. The van der Waals surface area contributed by atoms with Gasteiger partial charge >= 0.3 is 5.69 Å². The number of carbonyl (C=O) groups excluding carboxylic acids is 1. The van der Waals surface area contributed by atoms with E-state index in [0.717, 1.165) is 17.4 Å². The summed E-state index contributed by atoms with van der Waals surface area (Å²) in [6, 6.07) is 0. The molecule has 20 heavy (non-hydrogen) atoms. The molecule has 0 spiro atoms. The minimum Gasteiger partial charge on any atom is -0.369 e. The third kappa shape index (κ3) is 2.80. The van der Waals surface area contributed by atoms with Crippen molar-refractivity contribution in [2.75, 3.05) is 5.88 Å². The lowest BCUT2D eigenvalue weighted by atomic mass is 9.98. The van der Waals surface area contributed by atoms with E-state index in [2.05, 4.69) is 4.98 Å². The van der Waals surface area contributed by atoms with Crippen molar-refractivity contribution in [3.05, 3.63) is 32.1 Å². The zero-order valence-electron chi connectivity index (χ0n) is 11.2. The molecule has 6 nitrogen and oxygen atoms in total. The second-order valence-corrected chi connectivity index (χ2v) is 5.40. The number of halogens is 1. The van der Waals surface area contributed by atoms with Crippen molar-refractivity contribution in [2.24, 2.45) is 5.73 Å². The Bertz CT molecular complexity index is 620. The maximum Gasteiger partial charge on any atom is 0.328 e. The van der Waals surface area contributed by atoms with Crippen LogP contribution in [0.3, 0.4) is 0 Å². The molecule has 0 aromatic carbocycles. The first-order chi connectivity index (χ1) is 9.56. The number of primary amides is 1. The van der Waals surface area contributed by atoms with E-state index in [0.29, 0.717) is 36.4 Å². The van der Waals surface area contributed by atoms with Crippen molar-refractivity contribution in [1.29, 1.82) is 0 Å². The standard InChI is InChI=1S/C13H18ClN3O3/c14-6-3-7-17-12(19)9-5-2-1-4-8(11(15)18)10(9)16-13(17)20/h8H,1-7H2,(H2,15,18)(H,16,20). The van der Waals surface area contributed by atoms with Crippen LogP contribution < -0.4 is 17.0 Å². The van der Waals surface area contributed by atoms with Gasteiger partial charge in [0.15, 0.2) is 0 Å². The maximum atomic E-state index is 12.4. The lowest BCUT2D eigenvalue weighted by Crippen LogP contribution is -2.40. The average molecular weight is 300 g/mol. The number of hydrogen-bond acceptors (Lipinski definition) is 3. The minimum absolute atomic E-state index is 0.284. The summed E-state index contributed by atoms with van der Waals surface area (Å²) in [4.78, 5) is 38.6. The number of amides is 1. The summed E-state index contributed by atoms with van der Waals surface area (Å²) >= 11 is 5.60. The van der Waals surface area contributed by atoms with Gasteiger partial charge in [0.2, 0.25) is 5.91 Å². The molecule has 1 aliphatic carbocycles. The van der Waals surface area contributed by atoms with Crippen LogP contribution in [0.5, 0.6) is 0 Å². The van der Waals surface area contributed by atoms with Gasteiger partial charge in [-0.05, 0) is 25.7 Å². The third-order valence-electron chi connectivity index (χ3n) is 3.69. The van der Waals surface area contributed by atoms with E-state index in [1.54, 1.807) is 0 Å². The molecular formula is C13H18ClN3O3. The van der Waals surface area contributed by atoms with E-state index in [-0.39, 0.29) is 12.1 Å². The summed E-state index contributed by atoms with van der Waals surface area (Å²) in [5.41, 5.74) is 5.50. The number of aromatic nitrogens is 2. The smallest absolute Gasteiger partial charge is 0.328 e. The first kappa shape index (κ1) is 14.8. The van der Waals surface area contributed by atoms with Crippen LogP contribution >= 0.6 is 11.6 Å². The van der Waals surface area contributed by atoms with Gasteiger partial charge in [-0.2, -0.15) is 0 Å². The molecule has 1 aromatic rings. The Hall–Kier alpha value is -1.56. The summed E-state index contributed by atoms with van der Waals surface area (Å²) in [7, 11) is 0. The highest BCUT2D eigenvalue weighted by molar-refractivity contribution is 6.17. The molecule has 0 aliphatic heterocycles. The molecule has 2 rings (SSSR count). The Kier molecular flexibility index (Phi) is 4.65. The third-order valence-corrected chi connectivity index (χ3v) is 3.96. The van der Waals surface area contributed by atoms with Gasteiger partial charge in [-0.25, -0.2) is 4.79 Å². The molecular weight excluding hydrogens is 282 g/mol. The predicted octanol–water partition coefficient (Wildman–Crippen LogP) is 0.461. The number of alkyl halides is 1. The fourth-order valence-corrected chi connectivity index (χ4v) is 2.79. The molecule has 0 fully saturated rings. The average Bonchev–Trinajstić information content (AvgIpc) is 2.61. The van der Waals surface area contributed by atoms with Crippen LogP contribution in [0.1, 0.15) is 42.9 Å². The van der Waals surface area contributed by atoms with Crippen LogP contribution in [-0.4, -0.2) is 21.3 Å². The first-order valence-electron chi connectivity index (χ1n) is 6.77. The molecule has 1 heterocycles. The molecule has 0 radical (unpaired) electrons. The van der Waals surface area contributed by atoms with E-state index in [9.17, 15) is 14.4 Å². The maximum absolute atomic E-state index is 12.4. The fraction of sp³-hybridized carbons (Fsp3) is 0.615. The molecule has 1 aromatic heterocycles. The van der Waals surface area contributed by atoms with Crippen molar-refractivity contribution in [3.63, 3.8) is 0 Å². The number of carbonyl (C=O) groups is 1. The number of rotatable bonds is 4. The number of H-pyrrole nitrogens is 1. The highest BCUT2D eigenvalue weighted by atomic mass is 35.5. The van der Waals surface area contributed by atoms with Gasteiger partial charge < -0.3 is 10.7 Å². The van der Waals surface area contributed by atoms with E-state index in [1.165, 1.54) is 0 Å². The molecule has 3 N–H and O–H groups in total. The van der Waals surface area contributed by atoms with Gasteiger partial charge in [-0.1, -0.05) is 6.42 Å². The van der Waals surface area contributed by atoms with Crippen LogP contribution in [0, 0.1) is 0 Å². The van der Waals surface area contributed by atoms with Crippen molar-refractivity contribution < 1.29 is 4.79 Å². The zero-order chi connectivity index (χ0) is 14.7. The van der Waals surface area contributed by atoms with Gasteiger partial charge in [0.25, 0.3) is 5.56 Å². The van der Waals surface area contributed by atoms with Crippen molar-refractivity contribution in [2.45, 2.75) is 44.6 Å². The van der Waals surface area contributed by atoms with E-state index < -0.39 is 17.5 Å². The minimum atomic E-state index is -0.574. The molecule has 1 unspecified atom stereocenters. The predicted molar refractivity (Wildman–Crippen MR) is 76.2 cm³/mol. The number of nitrogens with one attached hydrogen (secondary N) is 1. The number of fused-ring (bicyclic) bond motifs is 1. The van der Waals surface area contributed by atoms with E-state index in [4.69, 9.17) is 17.3 Å². The zero-order valence-corrected chi connectivity index (χ0v) is 11.9. The van der Waals surface area contributed by atoms with Crippen LogP contribution in [0.25, 0.3) is 0 Å². The van der Waals surface area contributed by atoms with Crippen LogP contribution in [-0.2, 0) is 17.8 Å². The van der Waals surface area contributed by atoms with E-state index >= 15 is 0 Å². The van der Waals surface area contributed by atoms with Crippen molar-refractivity contribution >= 4 is 17.5 Å². The van der Waals surface area contributed by atoms with Gasteiger partial charge in [0.1, 0.15) is 0 Å². The summed E-state index contributed by atoms with van der Waals surface area (Å²) in [5, 5.41) is 0. The Balaban J connectivity index is 2.56. The normalized spacial score (nSPS) is 18.4. The molecule has 1 atom stereocenters. The monoisotopic (exact) mass is 299 g/mol. The number of aromatic amines is 1. The van der Waals surface area contributed by atoms with Crippen molar-refractivity contribution in [3.8, 4) is 0 Å². The molecule has 1 aliphatic rings. The van der Waals surface area contributed by atoms with Crippen LogP contribution in [0.4, 0.5) is 0 Å². The van der Waals surface area contributed by atoms with Gasteiger partial charge in [0.05, 0.1) is 5.92 Å². The molecule has 0 bridgehead atoms. The summed E-state index contributed by atoms with van der Waals surface area (Å²) in [5.74, 6) is -0.690.